The van der Waals surface area contributed by atoms with Crippen LogP contribution >= 0.6 is 0 Å². The van der Waals surface area contributed by atoms with Crippen LogP contribution in [-0.2, 0) is 4.79 Å². The SMILES string of the molecule is CCC(Oc1ccc(C(C)N)cc1F)C(=O)O. The fraction of sp³-hybridized carbons (Fsp3) is 0.417. The normalized spacial score (nSPS) is 14.1. The van der Waals surface area contributed by atoms with Crippen molar-refractivity contribution in [2.75, 3.05) is 0 Å². The zero-order valence-corrected chi connectivity index (χ0v) is 9.81. The van der Waals surface area contributed by atoms with Gasteiger partial charge >= 0.3 is 5.97 Å². The van der Waals surface area contributed by atoms with Crippen molar-refractivity contribution in [2.24, 2.45) is 5.73 Å². The average molecular weight is 241 g/mol. The number of nitrogens with two attached hydrogens (primary N) is 1. The fourth-order valence-electron chi connectivity index (χ4n) is 1.36. The molecule has 0 amide bonds. The van der Waals surface area contributed by atoms with E-state index in [4.69, 9.17) is 15.6 Å². The number of hydrogen-bond donors (Lipinski definition) is 2. The van der Waals surface area contributed by atoms with Crippen molar-refractivity contribution in [1.29, 1.82) is 0 Å². The molecule has 0 aliphatic heterocycles. The van der Waals surface area contributed by atoms with Crippen molar-refractivity contribution in [3.63, 3.8) is 0 Å². The van der Waals surface area contributed by atoms with E-state index in [2.05, 4.69) is 0 Å². The van der Waals surface area contributed by atoms with Gasteiger partial charge in [-0.2, -0.15) is 0 Å². The molecular weight excluding hydrogens is 225 g/mol. The number of halogens is 1. The van der Waals surface area contributed by atoms with E-state index in [0.717, 1.165) is 0 Å². The lowest BCUT2D eigenvalue weighted by Crippen LogP contribution is -2.26. The lowest BCUT2D eigenvalue weighted by molar-refractivity contribution is -0.145. The molecule has 0 spiro atoms. The third-order valence-corrected chi connectivity index (χ3v) is 2.40. The predicted molar refractivity (Wildman–Crippen MR) is 61.3 cm³/mol. The van der Waals surface area contributed by atoms with Crippen molar-refractivity contribution in [2.45, 2.75) is 32.4 Å². The fourth-order valence-corrected chi connectivity index (χ4v) is 1.36. The van der Waals surface area contributed by atoms with Crippen molar-refractivity contribution < 1.29 is 19.0 Å². The molecule has 0 aliphatic rings. The lowest BCUT2D eigenvalue weighted by atomic mass is 10.1. The number of carboxylic acid groups (broad SMARTS) is 1. The minimum atomic E-state index is -1.11. The van der Waals surface area contributed by atoms with Crippen molar-refractivity contribution in [3.05, 3.63) is 29.6 Å². The zero-order valence-electron chi connectivity index (χ0n) is 9.81. The summed E-state index contributed by atoms with van der Waals surface area (Å²) in [4.78, 5) is 10.8. The highest BCUT2D eigenvalue weighted by molar-refractivity contribution is 5.72. The Morgan fingerprint density at radius 3 is 2.65 bits per heavy atom. The summed E-state index contributed by atoms with van der Waals surface area (Å²) in [5.74, 6) is -1.77. The Bertz CT molecular complexity index is 407. The molecule has 0 aliphatic carbocycles. The van der Waals surface area contributed by atoms with Gasteiger partial charge in [-0.15, -0.1) is 0 Å². The topological polar surface area (TPSA) is 72.5 Å². The molecule has 2 unspecified atom stereocenters. The summed E-state index contributed by atoms with van der Waals surface area (Å²) in [6.07, 6.45) is -0.769. The Labute approximate surface area is 99.2 Å². The summed E-state index contributed by atoms with van der Waals surface area (Å²) in [5.41, 5.74) is 6.24. The van der Waals surface area contributed by atoms with Gasteiger partial charge in [-0.25, -0.2) is 9.18 Å². The Hall–Kier alpha value is -1.62. The van der Waals surface area contributed by atoms with Crippen LogP contribution in [0.15, 0.2) is 18.2 Å². The Balaban J connectivity index is 2.89. The highest BCUT2D eigenvalue weighted by Crippen LogP contribution is 2.22. The van der Waals surface area contributed by atoms with Crippen LogP contribution < -0.4 is 10.5 Å². The molecule has 0 saturated heterocycles. The van der Waals surface area contributed by atoms with Crippen LogP contribution in [0.25, 0.3) is 0 Å². The number of hydrogen-bond acceptors (Lipinski definition) is 3. The van der Waals surface area contributed by atoms with Gasteiger partial charge in [0.1, 0.15) is 0 Å². The van der Waals surface area contributed by atoms with Gasteiger partial charge < -0.3 is 15.6 Å². The zero-order chi connectivity index (χ0) is 13.0. The van der Waals surface area contributed by atoms with E-state index in [9.17, 15) is 9.18 Å². The van der Waals surface area contributed by atoms with Crippen molar-refractivity contribution in [3.8, 4) is 5.75 Å². The van der Waals surface area contributed by atoms with Gasteiger partial charge in [0.05, 0.1) is 0 Å². The maximum absolute atomic E-state index is 13.6. The van der Waals surface area contributed by atoms with Crippen LogP contribution in [-0.4, -0.2) is 17.2 Å². The van der Waals surface area contributed by atoms with Crippen molar-refractivity contribution in [1.82, 2.24) is 0 Å². The largest absolute Gasteiger partial charge is 0.479 e. The van der Waals surface area contributed by atoms with Crippen LogP contribution in [0.2, 0.25) is 0 Å². The molecular formula is C12H16FNO3. The standard InChI is InChI=1S/C12H16FNO3/c1-3-10(12(15)16)17-11-5-4-8(7(2)14)6-9(11)13/h4-7,10H,3,14H2,1-2H3,(H,15,16). The first-order valence-electron chi connectivity index (χ1n) is 5.40. The summed E-state index contributed by atoms with van der Waals surface area (Å²) in [7, 11) is 0. The van der Waals surface area contributed by atoms with Gasteiger partial charge in [0, 0.05) is 6.04 Å². The van der Waals surface area contributed by atoms with E-state index < -0.39 is 17.9 Å². The number of carbonyl (C=O) groups is 1. The maximum Gasteiger partial charge on any atom is 0.344 e. The van der Waals surface area contributed by atoms with Gasteiger partial charge in [0.15, 0.2) is 17.7 Å². The van der Waals surface area contributed by atoms with Crippen LogP contribution in [0, 0.1) is 5.82 Å². The molecule has 94 valence electrons. The lowest BCUT2D eigenvalue weighted by Gasteiger charge is -2.14. The second kappa shape index (κ2) is 5.63. The molecule has 1 aromatic rings. The first-order valence-corrected chi connectivity index (χ1v) is 5.40. The molecule has 0 heterocycles. The second-order valence-corrected chi connectivity index (χ2v) is 3.83. The highest BCUT2D eigenvalue weighted by atomic mass is 19.1. The summed E-state index contributed by atoms with van der Waals surface area (Å²) in [6.45, 7) is 3.40. The van der Waals surface area contributed by atoms with E-state index in [-0.39, 0.29) is 18.2 Å². The molecule has 4 nitrogen and oxygen atoms in total. The molecule has 0 bridgehead atoms. The quantitative estimate of drug-likeness (QED) is 0.827. The molecule has 0 saturated carbocycles. The number of ether oxygens (including phenoxy) is 1. The van der Waals surface area contributed by atoms with Crippen LogP contribution in [0.3, 0.4) is 0 Å². The number of rotatable bonds is 5. The smallest absolute Gasteiger partial charge is 0.344 e. The summed E-state index contributed by atoms with van der Waals surface area (Å²) < 4.78 is 18.7. The number of aliphatic carboxylic acids is 1. The molecule has 0 fully saturated rings. The van der Waals surface area contributed by atoms with E-state index in [0.29, 0.717) is 5.56 Å². The maximum atomic E-state index is 13.6. The van der Waals surface area contributed by atoms with Crippen LogP contribution in [0.5, 0.6) is 5.75 Å². The van der Waals surface area contributed by atoms with E-state index in [1.165, 1.54) is 12.1 Å². The molecule has 0 radical (unpaired) electrons. The molecule has 1 rings (SSSR count). The van der Waals surface area contributed by atoms with Crippen molar-refractivity contribution >= 4 is 5.97 Å². The number of benzene rings is 1. The summed E-state index contributed by atoms with van der Waals surface area (Å²) in [6, 6.07) is 4.01. The van der Waals surface area contributed by atoms with Gasteiger partial charge in [0.25, 0.3) is 0 Å². The number of carboxylic acids is 1. The van der Waals surface area contributed by atoms with Crippen LogP contribution in [0.4, 0.5) is 4.39 Å². The minimum absolute atomic E-state index is 0.0661. The Morgan fingerprint density at radius 2 is 2.24 bits per heavy atom. The average Bonchev–Trinajstić information content (AvgIpc) is 2.26. The van der Waals surface area contributed by atoms with Gasteiger partial charge in [0.2, 0.25) is 0 Å². The van der Waals surface area contributed by atoms with E-state index in [1.807, 2.05) is 0 Å². The predicted octanol–water partition coefficient (Wildman–Crippen LogP) is 2.09. The first-order chi connectivity index (χ1) is 7.95. The Kier molecular flexibility index (Phi) is 4.45. The summed E-state index contributed by atoms with van der Waals surface area (Å²) >= 11 is 0. The van der Waals surface area contributed by atoms with E-state index >= 15 is 0 Å². The summed E-state index contributed by atoms with van der Waals surface area (Å²) in [5, 5.41) is 8.80. The molecule has 0 aromatic heterocycles. The molecule has 2 atom stereocenters. The third kappa shape index (κ3) is 3.42. The molecule has 3 N–H and O–H groups in total. The monoisotopic (exact) mass is 241 g/mol. The second-order valence-electron chi connectivity index (χ2n) is 3.83. The molecule has 5 heteroatoms. The highest BCUT2D eigenvalue weighted by Gasteiger charge is 2.18. The van der Waals surface area contributed by atoms with Crippen LogP contribution in [0.1, 0.15) is 31.9 Å². The third-order valence-electron chi connectivity index (χ3n) is 2.40. The molecule has 1 aromatic carbocycles. The van der Waals surface area contributed by atoms with Gasteiger partial charge in [-0.05, 0) is 31.0 Å². The van der Waals surface area contributed by atoms with E-state index in [1.54, 1.807) is 19.9 Å². The molecule has 17 heavy (non-hydrogen) atoms. The van der Waals surface area contributed by atoms with Gasteiger partial charge in [-0.3, -0.25) is 0 Å². The minimum Gasteiger partial charge on any atom is -0.479 e. The first kappa shape index (κ1) is 13.4. The van der Waals surface area contributed by atoms with Gasteiger partial charge in [-0.1, -0.05) is 13.0 Å². The Morgan fingerprint density at radius 1 is 1.59 bits per heavy atom.